The Kier molecular flexibility index (Phi) is 5.33. The van der Waals surface area contributed by atoms with E-state index in [0.29, 0.717) is 34.5 Å². The number of nitrogens with one attached hydrogen (secondary N) is 2. The zero-order valence-corrected chi connectivity index (χ0v) is 14.8. The summed E-state index contributed by atoms with van der Waals surface area (Å²) in [5, 5.41) is 16.9. The van der Waals surface area contributed by atoms with Gasteiger partial charge >= 0.3 is 5.97 Å². The topological polar surface area (TPSA) is 83.0 Å². The molecule has 2 aliphatic carbocycles. The van der Waals surface area contributed by atoms with Crippen LogP contribution in [-0.4, -0.2) is 34.5 Å². The number of allylic oxidation sites excluding steroid dienone is 1. The molecule has 0 radical (unpaired) electrons. The van der Waals surface area contributed by atoms with E-state index in [0.717, 1.165) is 12.0 Å². The number of carboxylic acid groups (broad SMARTS) is 1. The molecule has 3 atom stereocenters. The van der Waals surface area contributed by atoms with E-state index < -0.39 is 12.6 Å². The number of hydrogen-bond acceptors (Lipinski definition) is 4. The second-order valence-corrected chi connectivity index (χ2v) is 6.76. The van der Waals surface area contributed by atoms with Gasteiger partial charge < -0.3 is 15.2 Å². The van der Waals surface area contributed by atoms with Crippen LogP contribution in [0.3, 0.4) is 0 Å². The fourth-order valence-corrected chi connectivity index (χ4v) is 3.57. The monoisotopic (exact) mass is 359 g/mol. The minimum absolute atomic E-state index is 0.372. The summed E-state index contributed by atoms with van der Waals surface area (Å²) in [5.74, 6) is 0.687. The predicted molar refractivity (Wildman–Crippen MR) is 99.8 cm³/mol. The van der Waals surface area contributed by atoms with E-state index in [1.54, 1.807) is 12.1 Å². The standard InChI is InChI=1S/C18H21N3O3S/c1-11(14-4-2-3-5-16(14)24-10-17(22)23)20-21-18(25)19-15-9-12-6-7-13(15)8-12/h2-7,12-13,15H,8-10H2,1H3,(H,22,23)(H2,19,21,25)/b20-11-/t12-,13+,15+/m1/s1. The van der Waals surface area contributed by atoms with Gasteiger partial charge in [0.2, 0.25) is 0 Å². The van der Waals surface area contributed by atoms with E-state index in [4.69, 9.17) is 22.1 Å². The van der Waals surface area contributed by atoms with Crippen molar-refractivity contribution in [1.82, 2.24) is 10.7 Å². The molecule has 3 rings (SSSR count). The van der Waals surface area contributed by atoms with Crippen LogP contribution in [0.15, 0.2) is 41.5 Å². The van der Waals surface area contributed by atoms with Crippen molar-refractivity contribution in [3.8, 4) is 5.75 Å². The fraction of sp³-hybridized carbons (Fsp3) is 0.389. The van der Waals surface area contributed by atoms with E-state index in [-0.39, 0.29) is 0 Å². The third-order valence-corrected chi connectivity index (χ3v) is 4.76. The summed E-state index contributed by atoms with van der Waals surface area (Å²) in [6.07, 6.45) is 6.86. The van der Waals surface area contributed by atoms with Crippen LogP contribution in [0.4, 0.5) is 0 Å². The number of carboxylic acids is 1. The van der Waals surface area contributed by atoms with Crippen molar-refractivity contribution in [3.05, 3.63) is 42.0 Å². The highest BCUT2D eigenvalue weighted by Gasteiger charge is 2.35. The second kappa shape index (κ2) is 7.65. The first-order chi connectivity index (χ1) is 12.0. The fourth-order valence-electron chi connectivity index (χ4n) is 3.37. The van der Waals surface area contributed by atoms with Crippen molar-refractivity contribution in [1.29, 1.82) is 0 Å². The van der Waals surface area contributed by atoms with E-state index in [2.05, 4.69) is 28.0 Å². The van der Waals surface area contributed by atoms with E-state index in [9.17, 15) is 4.79 Å². The normalized spacial score (nSPS) is 24.2. The first kappa shape index (κ1) is 17.4. The Balaban J connectivity index is 1.58. The molecule has 132 valence electrons. The highest BCUT2D eigenvalue weighted by atomic mass is 32.1. The number of benzene rings is 1. The number of ether oxygens (including phenoxy) is 1. The Labute approximate surface area is 152 Å². The number of hydrazone groups is 1. The molecule has 2 aliphatic rings. The second-order valence-electron chi connectivity index (χ2n) is 6.35. The molecule has 1 aromatic rings. The van der Waals surface area contributed by atoms with Gasteiger partial charge in [-0.05, 0) is 56.0 Å². The van der Waals surface area contributed by atoms with Crippen molar-refractivity contribution in [3.63, 3.8) is 0 Å². The van der Waals surface area contributed by atoms with Crippen molar-refractivity contribution in [2.24, 2.45) is 16.9 Å². The maximum absolute atomic E-state index is 10.7. The van der Waals surface area contributed by atoms with Crippen LogP contribution in [0.25, 0.3) is 0 Å². The lowest BCUT2D eigenvalue weighted by molar-refractivity contribution is -0.139. The molecule has 2 bridgehead atoms. The van der Waals surface area contributed by atoms with Gasteiger partial charge in [-0.3, -0.25) is 5.43 Å². The molecule has 7 heteroatoms. The summed E-state index contributed by atoms with van der Waals surface area (Å²) in [6.45, 7) is 1.42. The van der Waals surface area contributed by atoms with Gasteiger partial charge in [0, 0.05) is 11.6 Å². The Morgan fingerprint density at radius 2 is 2.16 bits per heavy atom. The minimum atomic E-state index is -1.02. The van der Waals surface area contributed by atoms with Crippen molar-refractivity contribution in [2.75, 3.05) is 6.61 Å². The minimum Gasteiger partial charge on any atom is -0.481 e. The van der Waals surface area contributed by atoms with Crippen molar-refractivity contribution in [2.45, 2.75) is 25.8 Å². The average Bonchev–Trinajstić information content (AvgIpc) is 3.21. The molecule has 0 saturated heterocycles. The summed E-state index contributed by atoms with van der Waals surface area (Å²) in [7, 11) is 0. The SMILES string of the molecule is C/C(=N/NC(=S)N[C@H]1C[C@@H]2C=C[C@H]1C2)c1ccccc1OCC(=O)O. The molecule has 0 unspecified atom stereocenters. The number of thiocarbonyl (C=S) groups is 1. The van der Waals surface area contributed by atoms with Gasteiger partial charge in [-0.25, -0.2) is 4.79 Å². The molecule has 25 heavy (non-hydrogen) atoms. The Morgan fingerprint density at radius 3 is 2.84 bits per heavy atom. The lowest BCUT2D eigenvalue weighted by atomic mass is 10.0. The van der Waals surface area contributed by atoms with Crippen molar-refractivity contribution < 1.29 is 14.6 Å². The Morgan fingerprint density at radius 1 is 1.36 bits per heavy atom. The summed E-state index contributed by atoms with van der Waals surface area (Å²) in [4.78, 5) is 10.7. The lowest BCUT2D eigenvalue weighted by Gasteiger charge is -2.21. The highest BCUT2D eigenvalue weighted by molar-refractivity contribution is 7.80. The van der Waals surface area contributed by atoms with Gasteiger partial charge in [-0.2, -0.15) is 5.10 Å². The number of carbonyl (C=O) groups is 1. The molecule has 6 nitrogen and oxygen atoms in total. The van der Waals surface area contributed by atoms with E-state index in [1.807, 2.05) is 19.1 Å². The van der Waals surface area contributed by atoms with Crippen LogP contribution in [0, 0.1) is 11.8 Å². The first-order valence-corrected chi connectivity index (χ1v) is 8.67. The first-order valence-electron chi connectivity index (χ1n) is 8.26. The molecule has 0 aliphatic heterocycles. The van der Waals surface area contributed by atoms with Crippen LogP contribution in [0.2, 0.25) is 0 Å². The van der Waals surface area contributed by atoms with Crippen molar-refractivity contribution >= 4 is 29.0 Å². The Hall–Kier alpha value is -2.41. The largest absolute Gasteiger partial charge is 0.481 e. The predicted octanol–water partition coefficient (Wildman–Crippen LogP) is 2.30. The summed E-state index contributed by atoms with van der Waals surface area (Å²) < 4.78 is 5.30. The molecule has 0 spiro atoms. The van der Waals surface area contributed by atoms with Crippen LogP contribution in [0.5, 0.6) is 5.75 Å². The molecule has 1 fully saturated rings. The number of aliphatic carboxylic acids is 1. The number of rotatable bonds is 6. The smallest absolute Gasteiger partial charge is 0.341 e. The maximum Gasteiger partial charge on any atom is 0.341 e. The highest BCUT2D eigenvalue weighted by Crippen LogP contribution is 2.38. The summed E-state index contributed by atoms with van der Waals surface area (Å²) in [6, 6.07) is 7.55. The third-order valence-electron chi connectivity index (χ3n) is 4.55. The van der Waals surface area contributed by atoms with Gasteiger partial charge in [0.05, 0.1) is 5.71 Å². The number of nitrogens with zero attached hydrogens (tertiary/aromatic N) is 1. The number of para-hydroxylation sites is 1. The third kappa shape index (κ3) is 4.36. The van der Waals surface area contributed by atoms with Gasteiger partial charge in [0.1, 0.15) is 5.75 Å². The van der Waals surface area contributed by atoms with E-state index in [1.165, 1.54) is 6.42 Å². The zero-order chi connectivity index (χ0) is 17.8. The quantitative estimate of drug-likeness (QED) is 0.313. The zero-order valence-electron chi connectivity index (χ0n) is 13.9. The molecule has 1 aromatic carbocycles. The summed E-state index contributed by atoms with van der Waals surface area (Å²) >= 11 is 5.33. The Bertz CT molecular complexity index is 732. The molecule has 0 heterocycles. The average molecular weight is 359 g/mol. The molecule has 0 amide bonds. The van der Waals surface area contributed by atoms with Gasteiger partial charge in [-0.1, -0.05) is 24.3 Å². The molecular weight excluding hydrogens is 338 g/mol. The number of fused-ring (bicyclic) bond motifs is 2. The van der Waals surface area contributed by atoms with E-state index >= 15 is 0 Å². The molecule has 1 saturated carbocycles. The van der Waals surface area contributed by atoms with Crippen LogP contribution >= 0.6 is 12.2 Å². The van der Waals surface area contributed by atoms with Crippen LogP contribution < -0.4 is 15.5 Å². The lowest BCUT2D eigenvalue weighted by Crippen LogP contribution is -2.42. The molecule has 0 aromatic heterocycles. The number of hydrogen-bond donors (Lipinski definition) is 3. The van der Waals surface area contributed by atoms with Gasteiger partial charge in [0.15, 0.2) is 11.7 Å². The van der Waals surface area contributed by atoms with Crippen LogP contribution in [0.1, 0.15) is 25.3 Å². The van der Waals surface area contributed by atoms with Crippen LogP contribution in [-0.2, 0) is 4.79 Å². The summed E-state index contributed by atoms with van der Waals surface area (Å²) in [5.41, 5.74) is 4.26. The van der Waals surface area contributed by atoms with Gasteiger partial charge in [0.25, 0.3) is 0 Å². The van der Waals surface area contributed by atoms with Gasteiger partial charge in [-0.15, -0.1) is 0 Å². The molecular formula is C18H21N3O3S. The maximum atomic E-state index is 10.7. The molecule has 3 N–H and O–H groups in total.